The van der Waals surface area contributed by atoms with Crippen LogP contribution < -0.4 is 21.1 Å². The second-order valence-corrected chi connectivity index (χ2v) is 4.24. The first-order chi connectivity index (χ1) is 9.69. The van der Waals surface area contributed by atoms with Crippen molar-refractivity contribution >= 4 is 17.4 Å². The number of anilines is 2. The third-order valence-corrected chi connectivity index (χ3v) is 2.83. The number of hydrogen-bond donors (Lipinski definition) is 3. The minimum atomic E-state index is -0.580. The molecule has 20 heavy (non-hydrogen) atoms. The minimum absolute atomic E-state index is 0.580. The number of benzene rings is 2. The van der Waals surface area contributed by atoms with Gasteiger partial charge in [0.2, 0.25) is 0 Å². The normalized spacial score (nSPS) is 9.85. The Morgan fingerprint density at radius 1 is 1.10 bits per heavy atom. The number of nitrogens with one attached hydrogen (secondary N) is 2. The molecule has 0 aromatic heterocycles. The maximum Gasteiger partial charge on any atom is 0.316 e. The summed E-state index contributed by atoms with van der Waals surface area (Å²) in [6, 6.07) is 14.6. The van der Waals surface area contributed by atoms with Crippen LogP contribution in [-0.4, -0.2) is 13.1 Å². The Kier molecular flexibility index (Phi) is 4.44. The predicted molar refractivity (Wildman–Crippen MR) is 80.0 cm³/mol. The Labute approximate surface area is 117 Å². The van der Waals surface area contributed by atoms with Crippen LogP contribution in [0.5, 0.6) is 5.75 Å². The number of para-hydroxylation sites is 2. The van der Waals surface area contributed by atoms with Crippen LogP contribution in [0.3, 0.4) is 0 Å². The van der Waals surface area contributed by atoms with E-state index in [-0.39, 0.29) is 0 Å². The van der Waals surface area contributed by atoms with E-state index in [0.717, 1.165) is 17.0 Å². The van der Waals surface area contributed by atoms with Crippen LogP contribution in [0.4, 0.5) is 16.2 Å². The van der Waals surface area contributed by atoms with Crippen molar-refractivity contribution in [2.75, 3.05) is 17.7 Å². The summed E-state index contributed by atoms with van der Waals surface area (Å²) in [5.74, 6) is 0.824. The number of carbonyl (C=O) groups excluding carboxylic acids is 1. The predicted octanol–water partition coefficient (Wildman–Crippen LogP) is 2.80. The lowest BCUT2D eigenvalue weighted by atomic mass is 10.2. The maximum atomic E-state index is 10.9. The molecule has 0 spiro atoms. The molecular formula is C15H17N3O2. The largest absolute Gasteiger partial charge is 0.497 e. The number of hydrogen-bond acceptors (Lipinski definition) is 3. The van der Waals surface area contributed by atoms with E-state index in [4.69, 9.17) is 10.5 Å². The van der Waals surface area contributed by atoms with Gasteiger partial charge in [-0.25, -0.2) is 4.79 Å². The van der Waals surface area contributed by atoms with Crippen molar-refractivity contribution < 1.29 is 9.53 Å². The first-order valence-corrected chi connectivity index (χ1v) is 6.21. The summed E-state index contributed by atoms with van der Waals surface area (Å²) >= 11 is 0. The highest BCUT2D eigenvalue weighted by molar-refractivity contribution is 5.91. The Balaban J connectivity index is 2.04. The highest BCUT2D eigenvalue weighted by atomic mass is 16.5. The van der Waals surface area contributed by atoms with Gasteiger partial charge in [0.05, 0.1) is 18.5 Å². The van der Waals surface area contributed by atoms with Gasteiger partial charge in [0.1, 0.15) is 5.75 Å². The fourth-order valence-electron chi connectivity index (χ4n) is 1.82. The highest BCUT2D eigenvalue weighted by Crippen LogP contribution is 2.21. The van der Waals surface area contributed by atoms with E-state index in [1.54, 1.807) is 13.2 Å². The quantitative estimate of drug-likeness (QED) is 0.782. The molecule has 0 aliphatic heterocycles. The number of primary amides is 1. The van der Waals surface area contributed by atoms with E-state index < -0.39 is 6.03 Å². The maximum absolute atomic E-state index is 10.9. The average Bonchev–Trinajstić information content (AvgIpc) is 2.46. The molecule has 0 radical (unpaired) electrons. The molecule has 4 N–H and O–H groups in total. The number of carbonyl (C=O) groups is 1. The van der Waals surface area contributed by atoms with Gasteiger partial charge in [0.15, 0.2) is 0 Å². The van der Waals surface area contributed by atoms with Crippen LogP contribution in [0.15, 0.2) is 48.5 Å². The number of urea groups is 1. The fourth-order valence-corrected chi connectivity index (χ4v) is 1.82. The van der Waals surface area contributed by atoms with Crippen molar-refractivity contribution in [1.29, 1.82) is 0 Å². The number of rotatable bonds is 5. The van der Waals surface area contributed by atoms with E-state index in [0.29, 0.717) is 12.2 Å². The molecule has 5 nitrogen and oxygen atoms in total. The SMILES string of the molecule is COc1ccc(CNc2ccccc2NC(N)=O)cc1. The Morgan fingerprint density at radius 2 is 1.75 bits per heavy atom. The van der Waals surface area contributed by atoms with Crippen LogP contribution in [0.2, 0.25) is 0 Å². The van der Waals surface area contributed by atoms with Gasteiger partial charge >= 0.3 is 6.03 Å². The molecule has 2 amide bonds. The molecule has 2 aromatic rings. The van der Waals surface area contributed by atoms with Gasteiger partial charge in [0.25, 0.3) is 0 Å². The molecule has 0 saturated carbocycles. The number of methoxy groups -OCH3 is 1. The van der Waals surface area contributed by atoms with Gasteiger partial charge in [-0.1, -0.05) is 24.3 Å². The third-order valence-electron chi connectivity index (χ3n) is 2.83. The topological polar surface area (TPSA) is 76.4 Å². The van der Waals surface area contributed by atoms with E-state index in [1.165, 1.54) is 0 Å². The monoisotopic (exact) mass is 271 g/mol. The highest BCUT2D eigenvalue weighted by Gasteiger charge is 2.03. The molecule has 5 heteroatoms. The standard InChI is InChI=1S/C15H17N3O2/c1-20-12-8-6-11(7-9-12)10-17-13-4-2-3-5-14(13)18-15(16)19/h2-9,17H,10H2,1H3,(H3,16,18,19). The molecule has 2 aromatic carbocycles. The summed E-state index contributed by atoms with van der Waals surface area (Å²) < 4.78 is 5.11. The first-order valence-electron chi connectivity index (χ1n) is 6.21. The number of amides is 2. The molecule has 0 fully saturated rings. The Morgan fingerprint density at radius 3 is 2.35 bits per heavy atom. The molecule has 0 aliphatic rings. The summed E-state index contributed by atoms with van der Waals surface area (Å²) in [7, 11) is 1.64. The van der Waals surface area contributed by atoms with E-state index in [9.17, 15) is 4.79 Å². The van der Waals surface area contributed by atoms with Crippen molar-refractivity contribution in [2.24, 2.45) is 5.73 Å². The van der Waals surface area contributed by atoms with Crippen LogP contribution >= 0.6 is 0 Å². The molecule has 0 unspecified atom stereocenters. The summed E-state index contributed by atoms with van der Waals surface area (Å²) in [5, 5.41) is 5.85. The molecule has 0 heterocycles. The lowest BCUT2D eigenvalue weighted by Gasteiger charge is -2.12. The smallest absolute Gasteiger partial charge is 0.316 e. The van der Waals surface area contributed by atoms with Crippen molar-refractivity contribution in [3.05, 3.63) is 54.1 Å². The molecule has 2 rings (SSSR count). The van der Waals surface area contributed by atoms with E-state index >= 15 is 0 Å². The summed E-state index contributed by atoms with van der Waals surface area (Å²) in [6.07, 6.45) is 0. The van der Waals surface area contributed by atoms with Crippen molar-refractivity contribution in [3.8, 4) is 5.75 Å². The molecule has 0 bridgehead atoms. The van der Waals surface area contributed by atoms with Gasteiger partial charge in [0, 0.05) is 6.54 Å². The molecule has 104 valence electrons. The van der Waals surface area contributed by atoms with Crippen LogP contribution in [0.1, 0.15) is 5.56 Å². The van der Waals surface area contributed by atoms with Crippen LogP contribution in [-0.2, 0) is 6.54 Å². The van der Waals surface area contributed by atoms with Gasteiger partial charge in [-0.15, -0.1) is 0 Å². The molecule has 0 saturated heterocycles. The summed E-state index contributed by atoms with van der Waals surface area (Å²) in [6.45, 7) is 0.640. The van der Waals surface area contributed by atoms with Crippen LogP contribution in [0.25, 0.3) is 0 Å². The van der Waals surface area contributed by atoms with Gasteiger partial charge < -0.3 is 21.1 Å². The minimum Gasteiger partial charge on any atom is -0.497 e. The molecular weight excluding hydrogens is 254 g/mol. The van der Waals surface area contributed by atoms with Crippen molar-refractivity contribution in [2.45, 2.75) is 6.54 Å². The second-order valence-electron chi connectivity index (χ2n) is 4.24. The number of nitrogens with two attached hydrogens (primary N) is 1. The number of ether oxygens (including phenoxy) is 1. The summed E-state index contributed by atoms with van der Waals surface area (Å²) in [4.78, 5) is 10.9. The molecule has 0 aliphatic carbocycles. The van der Waals surface area contributed by atoms with Gasteiger partial charge in [-0.05, 0) is 29.8 Å². The zero-order valence-corrected chi connectivity index (χ0v) is 11.2. The fraction of sp³-hybridized carbons (Fsp3) is 0.133. The third kappa shape index (κ3) is 3.65. The average molecular weight is 271 g/mol. The van der Waals surface area contributed by atoms with Crippen molar-refractivity contribution in [1.82, 2.24) is 0 Å². The summed E-state index contributed by atoms with van der Waals surface area (Å²) in [5.41, 5.74) is 7.73. The van der Waals surface area contributed by atoms with Crippen LogP contribution in [0, 0.1) is 0 Å². The lowest BCUT2D eigenvalue weighted by molar-refractivity contribution is 0.259. The Hall–Kier alpha value is -2.69. The molecule has 0 atom stereocenters. The second kappa shape index (κ2) is 6.47. The zero-order chi connectivity index (χ0) is 14.4. The zero-order valence-electron chi connectivity index (χ0n) is 11.2. The van der Waals surface area contributed by atoms with E-state index in [1.807, 2.05) is 42.5 Å². The first kappa shape index (κ1) is 13.7. The van der Waals surface area contributed by atoms with Gasteiger partial charge in [-0.3, -0.25) is 0 Å². The van der Waals surface area contributed by atoms with E-state index in [2.05, 4.69) is 10.6 Å². The van der Waals surface area contributed by atoms with Gasteiger partial charge in [-0.2, -0.15) is 0 Å². The Bertz CT molecular complexity index is 582. The lowest BCUT2D eigenvalue weighted by Crippen LogP contribution is -2.20. The van der Waals surface area contributed by atoms with Crippen molar-refractivity contribution in [3.63, 3.8) is 0 Å².